The highest BCUT2D eigenvalue weighted by Gasteiger charge is 2.06. The molecule has 0 atom stereocenters. The summed E-state index contributed by atoms with van der Waals surface area (Å²) < 4.78 is 0. The maximum Gasteiger partial charge on any atom is 0.0409 e. The third kappa shape index (κ3) is 3.75. The Morgan fingerprint density at radius 3 is 2.53 bits per heavy atom. The summed E-state index contributed by atoms with van der Waals surface area (Å²) in [5.74, 6) is 0. The first kappa shape index (κ1) is 14.4. The Morgan fingerprint density at radius 2 is 1.84 bits per heavy atom. The van der Waals surface area contributed by atoms with Crippen LogP contribution < -0.4 is 5.73 Å². The number of nitrogens with two attached hydrogens (primary N) is 1. The van der Waals surface area contributed by atoms with Crippen LogP contribution in [0.25, 0.3) is 0 Å². The number of benzene rings is 2. The second kappa shape index (κ2) is 6.47. The quantitative estimate of drug-likeness (QED) is 0.890. The van der Waals surface area contributed by atoms with E-state index < -0.39 is 0 Å². The highest BCUT2D eigenvalue weighted by molar-refractivity contribution is 7.99. The molecule has 0 fully saturated rings. The summed E-state index contributed by atoms with van der Waals surface area (Å²) in [7, 11) is 0. The van der Waals surface area contributed by atoms with Gasteiger partial charge in [0.2, 0.25) is 0 Å². The minimum atomic E-state index is 0.640. The zero-order valence-corrected chi connectivity index (χ0v) is 12.8. The molecule has 2 aromatic rings. The van der Waals surface area contributed by atoms with E-state index in [-0.39, 0.29) is 0 Å². The molecule has 0 aliphatic heterocycles. The van der Waals surface area contributed by atoms with E-state index in [1.54, 1.807) is 11.8 Å². The molecular formula is C16H18ClNS. The molecule has 2 aromatic carbocycles. The lowest BCUT2D eigenvalue weighted by Crippen LogP contribution is -2.03. The van der Waals surface area contributed by atoms with Crippen LogP contribution in [-0.4, -0.2) is 6.54 Å². The van der Waals surface area contributed by atoms with Gasteiger partial charge in [-0.15, -0.1) is 0 Å². The van der Waals surface area contributed by atoms with Gasteiger partial charge in [0.05, 0.1) is 0 Å². The molecule has 2 rings (SSSR count). The molecular weight excluding hydrogens is 274 g/mol. The highest BCUT2D eigenvalue weighted by Crippen LogP contribution is 2.33. The molecule has 0 unspecified atom stereocenters. The number of hydrogen-bond acceptors (Lipinski definition) is 2. The van der Waals surface area contributed by atoms with E-state index in [0.717, 1.165) is 11.4 Å². The summed E-state index contributed by atoms with van der Waals surface area (Å²) in [6, 6.07) is 12.6. The van der Waals surface area contributed by atoms with Gasteiger partial charge in [-0.1, -0.05) is 29.4 Å². The standard InChI is InChI=1S/C16H18ClNS/c1-11-3-5-15(9-12(11)2)19-16-6-4-14(17)10-13(16)7-8-18/h3-6,9-10H,7-8,18H2,1-2H3. The van der Waals surface area contributed by atoms with Gasteiger partial charge >= 0.3 is 0 Å². The Morgan fingerprint density at radius 1 is 1.05 bits per heavy atom. The van der Waals surface area contributed by atoms with Crippen molar-refractivity contribution in [2.45, 2.75) is 30.1 Å². The van der Waals surface area contributed by atoms with Crippen molar-refractivity contribution in [2.75, 3.05) is 6.54 Å². The van der Waals surface area contributed by atoms with Crippen LogP contribution in [-0.2, 0) is 6.42 Å². The van der Waals surface area contributed by atoms with Gasteiger partial charge in [0.25, 0.3) is 0 Å². The van der Waals surface area contributed by atoms with Crippen LogP contribution in [0.5, 0.6) is 0 Å². The predicted octanol–water partition coefficient (Wildman–Crippen LogP) is 4.61. The Hall–Kier alpha value is -0.960. The van der Waals surface area contributed by atoms with Crippen molar-refractivity contribution in [1.82, 2.24) is 0 Å². The first-order valence-electron chi connectivity index (χ1n) is 6.34. The van der Waals surface area contributed by atoms with Gasteiger partial charge in [-0.3, -0.25) is 0 Å². The van der Waals surface area contributed by atoms with Gasteiger partial charge in [-0.2, -0.15) is 0 Å². The van der Waals surface area contributed by atoms with Crippen LogP contribution in [0, 0.1) is 13.8 Å². The van der Waals surface area contributed by atoms with Gasteiger partial charge in [0, 0.05) is 14.8 Å². The van der Waals surface area contributed by atoms with E-state index in [9.17, 15) is 0 Å². The molecule has 100 valence electrons. The number of rotatable bonds is 4. The molecule has 0 aromatic heterocycles. The third-order valence-electron chi connectivity index (χ3n) is 3.14. The van der Waals surface area contributed by atoms with Crippen LogP contribution in [0.4, 0.5) is 0 Å². The molecule has 0 spiro atoms. The molecule has 0 heterocycles. The summed E-state index contributed by atoms with van der Waals surface area (Å²) in [6.07, 6.45) is 0.855. The summed E-state index contributed by atoms with van der Waals surface area (Å²) >= 11 is 7.82. The van der Waals surface area contributed by atoms with E-state index in [2.05, 4.69) is 38.1 Å². The van der Waals surface area contributed by atoms with Crippen LogP contribution in [0.1, 0.15) is 16.7 Å². The molecule has 0 aliphatic rings. The normalized spacial score (nSPS) is 10.7. The molecule has 3 heteroatoms. The van der Waals surface area contributed by atoms with Crippen molar-refractivity contribution in [3.8, 4) is 0 Å². The van der Waals surface area contributed by atoms with Crippen LogP contribution in [0.2, 0.25) is 5.02 Å². The van der Waals surface area contributed by atoms with Crippen LogP contribution >= 0.6 is 23.4 Å². The maximum atomic E-state index is 6.05. The molecule has 0 radical (unpaired) electrons. The molecule has 19 heavy (non-hydrogen) atoms. The first-order chi connectivity index (χ1) is 9.10. The third-order valence-corrected chi connectivity index (χ3v) is 4.49. The van der Waals surface area contributed by atoms with Crippen molar-refractivity contribution >= 4 is 23.4 Å². The lowest BCUT2D eigenvalue weighted by molar-refractivity contribution is 0.944. The van der Waals surface area contributed by atoms with E-state index in [4.69, 9.17) is 17.3 Å². The fraction of sp³-hybridized carbons (Fsp3) is 0.250. The minimum absolute atomic E-state index is 0.640. The minimum Gasteiger partial charge on any atom is -0.330 e. The zero-order valence-electron chi connectivity index (χ0n) is 11.2. The average molecular weight is 292 g/mol. The molecule has 1 nitrogen and oxygen atoms in total. The lowest BCUT2D eigenvalue weighted by Gasteiger charge is -2.10. The molecule has 2 N–H and O–H groups in total. The highest BCUT2D eigenvalue weighted by atomic mass is 35.5. The number of hydrogen-bond donors (Lipinski definition) is 1. The zero-order chi connectivity index (χ0) is 13.8. The molecule has 0 saturated carbocycles. The largest absolute Gasteiger partial charge is 0.330 e. The second-order valence-electron chi connectivity index (χ2n) is 4.64. The Bertz CT molecular complexity index is 581. The van der Waals surface area contributed by atoms with Gasteiger partial charge in [-0.05, 0) is 73.8 Å². The molecule has 0 saturated heterocycles. The maximum absolute atomic E-state index is 6.05. The van der Waals surface area contributed by atoms with E-state index >= 15 is 0 Å². The van der Waals surface area contributed by atoms with Gasteiger partial charge in [0.15, 0.2) is 0 Å². The van der Waals surface area contributed by atoms with E-state index in [1.807, 2.05) is 12.1 Å². The summed E-state index contributed by atoms with van der Waals surface area (Å²) in [5, 5.41) is 0.771. The second-order valence-corrected chi connectivity index (χ2v) is 6.19. The molecule has 0 aliphatic carbocycles. The fourth-order valence-electron chi connectivity index (χ4n) is 1.90. The number of aryl methyl sites for hydroxylation is 2. The van der Waals surface area contributed by atoms with Crippen molar-refractivity contribution in [3.63, 3.8) is 0 Å². The first-order valence-corrected chi connectivity index (χ1v) is 7.53. The van der Waals surface area contributed by atoms with Gasteiger partial charge < -0.3 is 5.73 Å². The fourth-order valence-corrected chi connectivity index (χ4v) is 3.15. The van der Waals surface area contributed by atoms with Crippen molar-refractivity contribution in [1.29, 1.82) is 0 Å². The van der Waals surface area contributed by atoms with Crippen LogP contribution in [0.3, 0.4) is 0 Å². The van der Waals surface area contributed by atoms with Crippen molar-refractivity contribution in [2.24, 2.45) is 5.73 Å². The van der Waals surface area contributed by atoms with E-state index in [0.29, 0.717) is 6.54 Å². The van der Waals surface area contributed by atoms with Crippen molar-refractivity contribution in [3.05, 3.63) is 58.1 Å². The Kier molecular flexibility index (Phi) is 4.92. The summed E-state index contributed by atoms with van der Waals surface area (Å²) in [6.45, 7) is 4.91. The smallest absolute Gasteiger partial charge is 0.0409 e. The SMILES string of the molecule is Cc1ccc(Sc2ccc(Cl)cc2CCN)cc1C. The number of halogens is 1. The predicted molar refractivity (Wildman–Crippen MR) is 84.2 cm³/mol. The summed E-state index contributed by atoms with van der Waals surface area (Å²) in [4.78, 5) is 2.49. The monoisotopic (exact) mass is 291 g/mol. The van der Waals surface area contributed by atoms with Gasteiger partial charge in [0.1, 0.15) is 0 Å². The van der Waals surface area contributed by atoms with Crippen LogP contribution in [0.15, 0.2) is 46.2 Å². The topological polar surface area (TPSA) is 26.0 Å². The Balaban J connectivity index is 2.29. The molecule has 0 bridgehead atoms. The lowest BCUT2D eigenvalue weighted by atomic mass is 10.1. The molecule has 0 amide bonds. The Labute approximate surface area is 124 Å². The van der Waals surface area contributed by atoms with Gasteiger partial charge in [-0.25, -0.2) is 0 Å². The summed E-state index contributed by atoms with van der Waals surface area (Å²) in [5.41, 5.74) is 9.53. The average Bonchev–Trinajstić information content (AvgIpc) is 2.37. The van der Waals surface area contributed by atoms with Crippen molar-refractivity contribution < 1.29 is 0 Å². The van der Waals surface area contributed by atoms with E-state index in [1.165, 1.54) is 26.5 Å².